The van der Waals surface area contributed by atoms with Gasteiger partial charge in [0.25, 0.3) is 0 Å². The third-order valence-electron chi connectivity index (χ3n) is 3.19. The van der Waals surface area contributed by atoms with Gasteiger partial charge in [0.15, 0.2) is 0 Å². The van der Waals surface area contributed by atoms with Crippen molar-refractivity contribution in [3.63, 3.8) is 0 Å². The van der Waals surface area contributed by atoms with Crippen molar-refractivity contribution in [1.29, 1.82) is 0 Å². The van der Waals surface area contributed by atoms with E-state index >= 15 is 0 Å². The van der Waals surface area contributed by atoms with Gasteiger partial charge in [0, 0.05) is 19.5 Å². The van der Waals surface area contributed by atoms with Crippen molar-refractivity contribution < 1.29 is 14.7 Å². The summed E-state index contributed by atoms with van der Waals surface area (Å²) < 4.78 is 0. The zero-order valence-electron chi connectivity index (χ0n) is 10.4. The summed E-state index contributed by atoms with van der Waals surface area (Å²) in [5.41, 5.74) is 0. The Morgan fingerprint density at radius 2 is 2.00 bits per heavy atom. The fraction of sp³-hybridized carbons (Fsp3) is 0.833. The number of nitrogens with one attached hydrogen (secondary N) is 1. The number of piperidine rings is 1. The number of carboxylic acids is 1. The Morgan fingerprint density at radius 1 is 1.35 bits per heavy atom. The van der Waals surface area contributed by atoms with E-state index in [9.17, 15) is 9.59 Å². The average Bonchev–Trinajstić information content (AvgIpc) is 2.34. The van der Waals surface area contributed by atoms with E-state index in [0.717, 1.165) is 25.9 Å². The highest BCUT2D eigenvalue weighted by atomic mass is 16.4. The van der Waals surface area contributed by atoms with Crippen LogP contribution in [0.3, 0.4) is 0 Å². The van der Waals surface area contributed by atoms with Crippen molar-refractivity contribution in [2.75, 3.05) is 19.8 Å². The monoisotopic (exact) mass is 242 g/mol. The molecule has 1 saturated heterocycles. The molecule has 17 heavy (non-hydrogen) atoms. The maximum Gasteiger partial charge on any atom is 0.306 e. The van der Waals surface area contributed by atoms with Gasteiger partial charge in [0.2, 0.25) is 5.91 Å². The van der Waals surface area contributed by atoms with Crippen LogP contribution in [0.25, 0.3) is 0 Å². The van der Waals surface area contributed by atoms with Crippen LogP contribution >= 0.6 is 0 Å². The Labute approximate surface area is 102 Å². The van der Waals surface area contributed by atoms with E-state index in [1.165, 1.54) is 0 Å². The SMILES string of the molecule is CCCCC(=O)NCN1CCC(C(=O)O)CC1. The lowest BCUT2D eigenvalue weighted by Gasteiger charge is -2.29. The highest BCUT2D eigenvalue weighted by Crippen LogP contribution is 2.16. The molecule has 0 aromatic carbocycles. The molecule has 0 bridgehead atoms. The fourth-order valence-corrected chi connectivity index (χ4v) is 1.96. The summed E-state index contributed by atoms with van der Waals surface area (Å²) in [4.78, 5) is 24.2. The first kappa shape index (κ1) is 14.0. The molecule has 0 spiro atoms. The summed E-state index contributed by atoms with van der Waals surface area (Å²) in [7, 11) is 0. The van der Waals surface area contributed by atoms with Crippen molar-refractivity contribution in [1.82, 2.24) is 10.2 Å². The van der Waals surface area contributed by atoms with Gasteiger partial charge in [-0.15, -0.1) is 0 Å². The topological polar surface area (TPSA) is 69.6 Å². The Morgan fingerprint density at radius 3 is 2.53 bits per heavy atom. The minimum absolute atomic E-state index is 0.0900. The van der Waals surface area contributed by atoms with Gasteiger partial charge in [-0.3, -0.25) is 14.5 Å². The normalized spacial score (nSPS) is 17.9. The summed E-state index contributed by atoms with van der Waals surface area (Å²) in [5, 5.41) is 11.7. The molecule has 1 rings (SSSR count). The van der Waals surface area contributed by atoms with E-state index in [2.05, 4.69) is 17.1 Å². The number of likely N-dealkylation sites (tertiary alicyclic amines) is 1. The average molecular weight is 242 g/mol. The van der Waals surface area contributed by atoms with Crippen molar-refractivity contribution in [2.45, 2.75) is 39.0 Å². The summed E-state index contributed by atoms with van der Waals surface area (Å²) in [6, 6.07) is 0. The van der Waals surface area contributed by atoms with Gasteiger partial charge >= 0.3 is 5.97 Å². The zero-order valence-corrected chi connectivity index (χ0v) is 10.4. The van der Waals surface area contributed by atoms with Crippen LogP contribution in [0.2, 0.25) is 0 Å². The number of aliphatic carboxylic acids is 1. The van der Waals surface area contributed by atoms with Crippen LogP contribution in [0, 0.1) is 5.92 Å². The summed E-state index contributed by atoms with van der Waals surface area (Å²) >= 11 is 0. The molecule has 1 heterocycles. The number of amides is 1. The number of carbonyl (C=O) groups excluding carboxylic acids is 1. The van der Waals surface area contributed by atoms with E-state index in [1.807, 2.05) is 0 Å². The Kier molecular flexibility index (Phi) is 5.97. The molecule has 0 aromatic heterocycles. The van der Waals surface area contributed by atoms with E-state index in [0.29, 0.717) is 25.9 Å². The van der Waals surface area contributed by atoms with Crippen molar-refractivity contribution >= 4 is 11.9 Å². The molecule has 0 aromatic rings. The quantitative estimate of drug-likeness (QED) is 0.730. The van der Waals surface area contributed by atoms with E-state index in [-0.39, 0.29) is 11.8 Å². The summed E-state index contributed by atoms with van der Waals surface area (Å²) in [6.07, 6.45) is 3.90. The highest BCUT2D eigenvalue weighted by molar-refractivity contribution is 5.75. The molecule has 1 aliphatic rings. The fourth-order valence-electron chi connectivity index (χ4n) is 1.96. The third-order valence-corrected chi connectivity index (χ3v) is 3.19. The molecule has 0 aliphatic carbocycles. The second-order valence-corrected chi connectivity index (χ2v) is 4.59. The molecule has 5 nitrogen and oxygen atoms in total. The maximum absolute atomic E-state index is 11.4. The molecular formula is C12H22N2O3. The zero-order chi connectivity index (χ0) is 12.7. The second kappa shape index (κ2) is 7.27. The highest BCUT2D eigenvalue weighted by Gasteiger charge is 2.24. The number of hydrogen-bond acceptors (Lipinski definition) is 3. The minimum Gasteiger partial charge on any atom is -0.481 e. The number of carboxylic acid groups (broad SMARTS) is 1. The van der Waals surface area contributed by atoms with Gasteiger partial charge in [-0.2, -0.15) is 0 Å². The van der Waals surface area contributed by atoms with Gasteiger partial charge in [-0.25, -0.2) is 0 Å². The lowest BCUT2D eigenvalue weighted by atomic mass is 9.97. The van der Waals surface area contributed by atoms with Gasteiger partial charge < -0.3 is 10.4 Å². The van der Waals surface area contributed by atoms with Crippen molar-refractivity contribution in [3.05, 3.63) is 0 Å². The van der Waals surface area contributed by atoms with Crippen LogP contribution in [0.5, 0.6) is 0 Å². The largest absolute Gasteiger partial charge is 0.481 e. The van der Waals surface area contributed by atoms with Gasteiger partial charge in [0.05, 0.1) is 12.6 Å². The van der Waals surface area contributed by atoms with Gasteiger partial charge in [-0.1, -0.05) is 13.3 Å². The van der Waals surface area contributed by atoms with Crippen LogP contribution < -0.4 is 5.32 Å². The molecule has 2 N–H and O–H groups in total. The van der Waals surface area contributed by atoms with Gasteiger partial charge in [-0.05, 0) is 19.3 Å². The molecule has 0 unspecified atom stereocenters. The predicted octanol–water partition coefficient (Wildman–Crippen LogP) is 1.05. The van der Waals surface area contributed by atoms with E-state index in [1.54, 1.807) is 0 Å². The van der Waals surface area contributed by atoms with E-state index < -0.39 is 5.97 Å². The molecule has 1 aliphatic heterocycles. The second-order valence-electron chi connectivity index (χ2n) is 4.59. The van der Waals surface area contributed by atoms with Crippen LogP contribution in [-0.2, 0) is 9.59 Å². The van der Waals surface area contributed by atoms with Crippen molar-refractivity contribution in [2.24, 2.45) is 5.92 Å². The van der Waals surface area contributed by atoms with Crippen molar-refractivity contribution in [3.8, 4) is 0 Å². The smallest absolute Gasteiger partial charge is 0.306 e. The number of rotatable bonds is 6. The molecule has 1 amide bonds. The number of carbonyl (C=O) groups is 2. The summed E-state index contributed by atoms with van der Waals surface area (Å²) in [6.45, 7) is 4.12. The summed E-state index contributed by atoms with van der Waals surface area (Å²) in [5.74, 6) is -0.814. The number of hydrogen-bond donors (Lipinski definition) is 2. The number of unbranched alkanes of at least 4 members (excludes halogenated alkanes) is 1. The first-order valence-corrected chi connectivity index (χ1v) is 6.35. The molecular weight excluding hydrogens is 220 g/mol. The lowest BCUT2D eigenvalue weighted by Crippen LogP contribution is -2.43. The van der Waals surface area contributed by atoms with Crippen LogP contribution in [0.1, 0.15) is 39.0 Å². The molecule has 1 fully saturated rings. The van der Waals surface area contributed by atoms with Crippen LogP contribution in [-0.4, -0.2) is 41.6 Å². The Bertz CT molecular complexity index is 260. The molecule has 0 radical (unpaired) electrons. The molecule has 0 atom stereocenters. The van der Waals surface area contributed by atoms with E-state index in [4.69, 9.17) is 5.11 Å². The lowest BCUT2D eigenvalue weighted by molar-refractivity contribution is -0.143. The predicted molar refractivity (Wildman–Crippen MR) is 64.5 cm³/mol. The maximum atomic E-state index is 11.4. The Balaban J connectivity index is 2.14. The Hall–Kier alpha value is -1.10. The van der Waals surface area contributed by atoms with Gasteiger partial charge in [0.1, 0.15) is 0 Å². The number of nitrogens with zero attached hydrogens (tertiary/aromatic N) is 1. The minimum atomic E-state index is -0.698. The first-order chi connectivity index (χ1) is 8.13. The van der Waals surface area contributed by atoms with Crippen LogP contribution in [0.4, 0.5) is 0 Å². The van der Waals surface area contributed by atoms with Crippen LogP contribution in [0.15, 0.2) is 0 Å². The first-order valence-electron chi connectivity index (χ1n) is 6.35. The standard InChI is InChI=1S/C12H22N2O3/c1-2-3-4-11(15)13-9-14-7-5-10(6-8-14)12(16)17/h10H,2-9H2,1H3,(H,13,15)(H,16,17). The molecule has 5 heteroatoms. The molecule has 98 valence electrons. The molecule has 0 saturated carbocycles. The third kappa shape index (κ3) is 5.17.